The molecular formula is C24H21NO3. The van der Waals surface area contributed by atoms with Gasteiger partial charge in [0.15, 0.2) is 0 Å². The number of carbonyl (C=O) groups is 1. The first kappa shape index (κ1) is 17.9. The fourth-order valence-corrected chi connectivity index (χ4v) is 3.41. The molecule has 0 aromatic heterocycles. The minimum atomic E-state index is -0.133. The maximum absolute atomic E-state index is 12.7. The predicted octanol–water partition coefficient (Wildman–Crippen LogP) is 5.30. The van der Waals surface area contributed by atoms with Crippen LogP contribution in [0.15, 0.2) is 67.3 Å². The van der Waals surface area contributed by atoms with Crippen LogP contribution in [0.4, 0.5) is 5.69 Å². The van der Waals surface area contributed by atoms with E-state index in [1.807, 2.05) is 61.5 Å². The molecule has 140 valence electrons. The molecule has 1 amide bonds. The number of amides is 1. The van der Waals surface area contributed by atoms with Gasteiger partial charge in [-0.25, -0.2) is 0 Å². The highest BCUT2D eigenvalue weighted by Crippen LogP contribution is 2.38. The maximum Gasteiger partial charge on any atom is 0.256 e. The van der Waals surface area contributed by atoms with Crippen molar-refractivity contribution in [2.75, 3.05) is 18.5 Å². The van der Waals surface area contributed by atoms with Crippen LogP contribution in [-0.2, 0) is 4.79 Å². The summed E-state index contributed by atoms with van der Waals surface area (Å²) >= 11 is 0. The summed E-state index contributed by atoms with van der Waals surface area (Å²) in [6, 6.07) is 17.7. The van der Waals surface area contributed by atoms with Crippen LogP contribution < -0.4 is 14.8 Å². The molecular weight excluding hydrogens is 350 g/mol. The summed E-state index contributed by atoms with van der Waals surface area (Å²) in [4.78, 5) is 12.7. The highest BCUT2D eigenvalue weighted by atomic mass is 16.5. The zero-order valence-electron chi connectivity index (χ0n) is 15.7. The monoisotopic (exact) mass is 371 g/mol. The molecule has 0 fully saturated rings. The lowest BCUT2D eigenvalue weighted by atomic mass is 9.98. The van der Waals surface area contributed by atoms with E-state index >= 15 is 0 Å². The van der Waals surface area contributed by atoms with Gasteiger partial charge >= 0.3 is 0 Å². The van der Waals surface area contributed by atoms with Crippen molar-refractivity contribution >= 4 is 34.0 Å². The lowest BCUT2D eigenvalue weighted by molar-refractivity contribution is -0.110. The van der Waals surface area contributed by atoms with Gasteiger partial charge in [-0.3, -0.25) is 4.79 Å². The zero-order valence-corrected chi connectivity index (χ0v) is 15.7. The first-order valence-electron chi connectivity index (χ1n) is 9.27. The van der Waals surface area contributed by atoms with Crippen molar-refractivity contribution in [3.63, 3.8) is 0 Å². The molecule has 1 heterocycles. The van der Waals surface area contributed by atoms with Crippen molar-refractivity contribution in [1.29, 1.82) is 0 Å². The van der Waals surface area contributed by atoms with Gasteiger partial charge in [-0.05, 0) is 42.0 Å². The summed E-state index contributed by atoms with van der Waals surface area (Å²) in [6.45, 7) is 6.58. The van der Waals surface area contributed by atoms with Gasteiger partial charge in [-0.1, -0.05) is 43.0 Å². The summed E-state index contributed by atoms with van der Waals surface area (Å²) < 4.78 is 11.4. The lowest BCUT2D eigenvalue weighted by Gasteiger charge is -2.11. The third-order valence-electron chi connectivity index (χ3n) is 4.66. The van der Waals surface area contributed by atoms with Crippen LogP contribution in [0, 0.1) is 0 Å². The molecule has 0 saturated carbocycles. The molecule has 0 aliphatic carbocycles. The second kappa shape index (κ2) is 7.61. The molecule has 0 radical (unpaired) electrons. The second-order valence-corrected chi connectivity index (χ2v) is 6.45. The van der Waals surface area contributed by atoms with Gasteiger partial charge in [-0.2, -0.15) is 0 Å². The number of carbonyl (C=O) groups excluding carboxylic acids is 1. The predicted molar refractivity (Wildman–Crippen MR) is 114 cm³/mol. The fraction of sp³-hybridized carbons (Fsp3) is 0.125. The van der Waals surface area contributed by atoms with E-state index in [1.54, 1.807) is 6.08 Å². The number of hydrogen-bond acceptors (Lipinski definition) is 3. The normalized spacial score (nSPS) is 14.0. The topological polar surface area (TPSA) is 47.6 Å². The number of benzene rings is 3. The molecule has 0 bridgehead atoms. The Morgan fingerprint density at radius 2 is 1.93 bits per heavy atom. The molecule has 1 aliphatic heterocycles. The SMILES string of the molecule is C=CCOc1ccc2c(c1)NC(=O)/C2=C/c1c(OCC)ccc2ccccc12. The molecule has 3 aromatic rings. The smallest absolute Gasteiger partial charge is 0.256 e. The number of anilines is 1. The van der Waals surface area contributed by atoms with Crippen LogP contribution in [-0.4, -0.2) is 19.1 Å². The zero-order chi connectivity index (χ0) is 19.5. The van der Waals surface area contributed by atoms with Crippen molar-refractivity contribution in [2.45, 2.75) is 6.92 Å². The van der Waals surface area contributed by atoms with Crippen LogP contribution in [0.25, 0.3) is 22.4 Å². The molecule has 4 heteroatoms. The Labute approximate surface area is 164 Å². The Morgan fingerprint density at radius 3 is 2.75 bits per heavy atom. The van der Waals surface area contributed by atoms with Gasteiger partial charge in [-0.15, -0.1) is 0 Å². The quantitative estimate of drug-likeness (QED) is 0.473. The van der Waals surface area contributed by atoms with Gasteiger partial charge < -0.3 is 14.8 Å². The molecule has 1 aliphatic rings. The molecule has 0 spiro atoms. The van der Waals surface area contributed by atoms with E-state index in [2.05, 4.69) is 18.0 Å². The number of nitrogens with one attached hydrogen (secondary N) is 1. The standard InChI is InChI=1S/C24H21NO3/c1-3-13-28-17-10-11-19-21(24(26)25-22(19)14-17)15-20-18-8-6-5-7-16(18)9-12-23(20)27-4-2/h3,5-12,14-15H,1,4,13H2,2H3,(H,25,26)/b21-15+. The summed E-state index contributed by atoms with van der Waals surface area (Å²) in [5.74, 6) is 1.33. The summed E-state index contributed by atoms with van der Waals surface area (Å²) in [5, 5.41) is 5.08. The molecule has 4 rings (SSSR count). The van der Waals surface area contributed by atoms with Crippen molar-refractivity contribution in [1.82, 2.24) is 0 Å². The van der Waals surface area contributed by atoms with Gasteiger partial charge in [0, 0.05) is 22.8 Å². The molecule has 28 heavy (non-hydrogen) atoms. The highest BCUT2D eigenvalue weighted by Gasteiger charge is 2.25. The molecule has 1 N–H and O–H groups in total. The van der Waals surface area contributed by atoms with E-state index in [0.717, 1.165) is 33.3 Å². The third kappa shape index (κ3) is 3.25. The molecule has 0 unspecified atom stereocenters. The van der Waals surface area contributed by atoms with Crippen LogP contribution in [0.3, 0.4) is 0 Å². The van der Waals surface area contributed by atoms with Crippen LogP contribution in [0.1, 0.15) is 18.1 Å². The molecule has 0 atom stereocenters. The Kier molecular flexibility index (Phi) is 4.85. The van der Waals surface area contributed by atoms with E-state index < -0.39 is 0 Å². The van der Waals surface area contributed by atoms with Crippen LogP contribution in [0.5, 0.6) is 11.5 Å². The first-order valence-corrected chi connectivity index (χ1v) is 9.27. The van der Waals surface area contributed by atoms with E-state index in [0.29, 0.717) is 24.5 Å². The van der Waals surface area contributed by atoms with E-state index in [-0.39, 0.29) is 5.91 Å². The van der Waals surface area contributed by atoms with E-state index in [4.69, 9.17) is 9.47 Å². The van der Waals surface area contributed by atoms with Crippen molar-refractivity contribution in [3.05, 3.63) is 78.4 Å². The van der Waals surface area contributed by atoms with Gasteiger partial charge in [0.1, 0.15) is 18.1 Å². The number of ether oxygens (including phenoxy) is 2. The number of rotatable bonds is 6. The highest BCUT2D eigenvalue weighted by molar-refractivity contribution is 6.35. The van der Waals surface area contributed by atoms with Gasteiger partial charge in [0.05, 0.1) is 12.3 Å². The first-order chi connectivity index (χ1) is 13.7. The average molecular weight is 371 g/mol. The summed E-state index contributed by atoms with van der Waals surface area (Å²) in [7, 11) is 0. The Balaban J connectivity index is 1.83. The third-order valence-corrected chi connectivity index (χ3v) is 4.66. The van der Waals surface area contributed by atoms with Crippen LogP contribution >= 0.6 is 0 Å². The number of hydrogen-bond donors (Lipinski definition) is 1. The van der Waals surface area contributed by atoms with E-state index in [1.165, 1.54) is 0 Å². The largest absolute Gasteiger partial charge is 0.493 e. The van der Waals surface area contributed by atoms with Crippen molar-refractivity contribution in [3.8, 4) is 11.5 Å². The minimum Gasteiger partial charge on any atom is -0.493 e. The van der Waals surface area contributed by atoms with E-state index in [9.17, 15) is 4.79 Å². The molecule has 4 nitrogen and oxygen atoms in total. The molecule has 3 aromatic carbocycles. The Morgan fingerprint density at radius 1 is 1.07 bits per heavy atom. The molecule has 0 saturated heterocycles. The maximum atomic E-state index is 12.7. The second-order valence-electron chi connectivity index (χ2n) is 6.45. The van der Waals surface area contributed by atoms with Gasteiger partial charge in [0.2, 0.25) is 0 Å². The minimum absolute atomic E-state index is 0.133. The van der Waals surface area contributed by atoms with Crippen molar-refractivity contribution in [2.24, 2.45) is 0 Å². The number of fused-ring (bicyclic) bond motifs is 2. The summed E-state index contributed by atoms with van der Waals surface area (Å²) in [5.41, 5.74) is 3.12. The van der Waals surface area contributed by atoms with Gasteiger partial charge in [0.25, 0.3) is 5.91 Å². The van der Waals surface area contributed by atoms with Crippen molar-refractivity contribution < 1.29 is 14.3 Å². The van der Waals surface area contributed by atoms with Crippen LogP contribution in [0.2, 0.25) is 0 Å². The summed E-state index contributed by atoms with van der Waals surface area (Å²) in [6.07, 6.45) is 3.60. The fourth-order valence-electron chi connectivity index (χ4n) is 3.41. The Bertz CT molecular complexity index is 1100. The Hall–Kier alpha value is -3.53. The average Bonchev–Trinajstić information content (AvgIpc) is 3.02. The lowest BCUT2D eigenvalue weighted by Crippen LogP contribution is -2.04.